The molecule has 1 rings (SSSR count). The second-order valence-corrected chi connectivity index (χ2v) is 1.89. The Morgan fingerprint density at radius 2 is 2.00 bits per heavy atom. The Kier molecular flexibility index (Phi) is 1.39. The van der Waals surface area contributed by atoms with Crippen LogP contribution in [0.3, 0.4) is 0 Å². The lowest BCUT2D eigenvalue weighted by Crippen LogP contribution is -2.44. The zero-order valence-corrected chi connectivity index (χ0v) is 4.65. The predicted molar refractivity (Wildman–Crippen MR) is 31.2 cm³/mol. The monoisotopic (exact) mass is 114 g/mol. The first kappa shape index (κ1) is 5.44. The molecule has 0 aromatic carbocycles. The Morgan fingerprint density at radius 1 is 1.50 bits per heavy atom. The number of aliphatic hydroxyl groups is 1. The molecule has 0 atom stereocenters. The fourth-order valence-electron chi connectivity index (χ4n) is 0.617. The molecule has 1 aliphatic heterocycles. The highest BCUT2D eigenvalue weighted by atomic mass is 16.3. The van der Waals surface area contributed by atoms with E-state index < -0.39 is 0 Å². The van der Waals surface area contributed by atoms with Crippen LogP contribution >= 0.6 is 0 Å². The van der Waals surface area contributed by atoms with Crippen molar-refractivity contribution >= 4 is 0 Å². The molecule has 3 heteroatoms. The Hall–Kier alpha value is -0.700. The van der Waals surface area contributed by atoms with Gasteiger partial charge < -0.3 is 15.7 Å². The number of β-amino-alcohol motifs (C(OH)–C–C–N with tert-alkyl or cyclic N) is 1. The van der Waals surface area contributed by atoms with E-state index in [-0.39, 0.29) is 6.10 Å². The summed E-state index contributed by atoms with van der Waals surface area (Å²) < 4.78 is 0. The second-order valence-electron chi connectivity index (χ2n) is 1.89. The summed E-state index contributed by atoms with van der Waals surface area (Å²) in [5.74, 6) is 0.801. The highest BCUT2D eigenvalue weighted by molar-refractivity contribution is 4.93. The molecule has 1 aliphatic rings. The highest BCUT2D eigenvalue weighted by Crippen LogP contribution is 1.88. The SMILES string of the molecule is C=C1NCC(O)CN1. The van der Waals surface area contributed by atoms with Crippen molar-refractivity contribution < 1.29 is 5.11 Å². The lowest BCUT2D eigenvalue weighted by atomic mass is 10.3. The minimum absolute atomic E-state index is 0.263. The van der Waals surface area contributed by atoms with E-state index in [4.69, 9.17) is 5.11 Å². The number of aliphatic hydroxyl groups excluding tert-OH is 1. The number of hydrogen-bond acceptors (Lipinski definition) is 3. The average molecular weight is 114 g/mol. The molecule has 1 saturated heterocycles. The standard InChI is InChI=1S/C5H10N2O/c1-4-6-2-5(8)3-7-4/h5-8H,1-3H2. The van der Waals surface area contributed by atoms with Gasteiger partial charge in [0.25, 0.3) is 0 Å². The topological polar surface area (TPSA) is 44.3 Å². The van der Waals surface area contributed by atoms with E-state index in [1.807, 2.05) is 0 Å². The molecule has 8 heavy (non-hydrogen) atoms. The average Bonchev–Trinajstić information content (AvgIpc) is 1.77. The van der Waals surface area contributed by atoms with Crippen LogP contribution in [0.15, 0.2) is 12.4 Å². The quantitative estimate of drug-likeness (QED) is 0.379. The first-order chi connectivity index (χ1) is 3.79. The first-order valence-corrected chi connectivity index (χ1v) is 2.64. The van der Waals surface area contributed by atoms with Crippen molar-refractivity contribution in [1.29, 1.82) is 0 Å². The molecule has 1 heterocycles. The van der Waals surface area contributed by atoms with Gasteiger partial charge >= 0.3 is 0 Å². The Bertz CT molecular complexity index is 92.6. The summed E-state index contributed by atoms with van der Waals surface area (Å²) in [6.07, 6.45) is -0.263. The Labute approximate surface area is 48.4 Å². The fraction of sp³-hybridized carbons (Fsp3) is 0.600. The van der Waals surface area contributed by atoms with Crippen molar-refractivity contribution in [3.8, 4) is 0 Å². The lowest BCUT2D eigenvalue weighted by Gasteiger charge is -2.22. The van der Waals surface area contributed by atoms with Crippen LogP contribution in [0.2, 0.25) is 0 Å². The van der Waals surface area contributed by atoms with Gasteiger partial charge in [0.05, 0.1) is 11.9 Å². The van der Waals surface area contributed by atoms with Crippen molar-refractivity contribution in [2.45, 2.75) is 6.10 Å². The molecule has 0 aromatic heterocycles. The molecule has 0 saturated carbocycles. The predicted octanol–water partition coefficient (Wildman–Crippen LogP) is -0.989. The summed E-state index contributed by atoms with van der Waals surface area (Å²) in [5, 5.41) is 14.6. The highest BCUT2D eigenvalue weighted by Gasteiger charge is 2.08. The summed E-state index contributed by atoms with van der Waals surface area (Å²) in [4.78, 5) is 0. The molecule has 0 unspecified atom stereocenters. The molecule has 46 valence electrons. The molecular weight excluding hydrogens is 104 g/mol. The fourth-order valence-corrected chi connectivity index (χ4v) is 0.617. The Balaban J connectivity index is 2.29. The van der Waals surface area contributed by atoms with Crippen LogP contribution in [-0.4, -0.2) is 24.3 Å². The normalized spacial score (nSPS) is 21.9. The van der Waals surface area contributed by atoms with Crippen LogP contribution in [0, 0.1) is 0 Å². The third-order valence-corrected chi connectivity index (χ3v) is 1.10. The van der Waals surface area contributed by atoms with E-state index in [2.05, 4.69) is 17.2 Å². The van der Waals surface area contributed by atoms with Crippen LogP contribution in [-0.2, 0) is 0 Å². The summed E-state index contributed by atoms with van der Waals surface area (Å²) in [6, 6.07) is 0. The van der Waals surface area contributed by atoms with Crippen molar-refractivity contribution in [2.24, 2.45) is 0 Å². The van der Waals surface area contributed by atoms with Gasteiger partial charge in [0.15, 0.2) is 0 Å². The van der Waals surface area contributed by atoms with E-state index in [1.165, 1.54) is 0 Å². The minimum Gasteiger partial charge on any atom is -0.389 e. The van der Waals surface area contributed by atoms with E-state index in [1.54, 1.807) is 0 Å². The van der Waals surface area contributed by atoms with Crippen molar-refractivity contribution in [3.63, 3.8) is 0 Å². The van der Waals surface area contributed by atoms with E-state index in [0.29, 0.717) is 13.1 Å². The molecule has 0 bridgehead atoms. The van der Waals surface area contributed by atoms with Crippen LogP contribution in [0.5, 0.6) is 0 Å². The van der Waals surface area contributed by atoms with Crippen molar-refractivity contribution in [3.05, 3.63) is 12.4 Å². The van der Waals surface area contributed by atoms with Crippen LogP contribution in [0.25, 0.3) is 0 Å². The maximum absolute atomic E-state index is 8.86. The summed E-state index contributed by atoms with van der Waals surface area (Å²) in [5.41, 5.74) is 0. The molecule has 1 fully saturated rings. The van der Waals surface area contributed by atoms with Gasteiger partial charge in [-0.05, 0) is 0 Å². The van der Waals surface area contributed by atoms with E-state index >= 15 is 0 Å². The second kappa shape index (κ2) is 2.05. The summed E-state index contributed by atoms with van der Waals surface area (Å²) in [6.45, 7) is 4.85. The lowest BCUT2D eigenvalue weighted by molar-refractivity contribution is 0.160. The van der Waals surface area contributed by atoms with Gasteiger partial charge in [-0.25, -0.2) is 0 Å². The van der Waals surface area contributed by atoms with Gasteiger partial charge in [-0.15, -0.1) is 0 Å². The van der Waals surface area contributed by atoms with Gasteiger partial charge in [-0.2, -0.15) is 0 Å². The zero-order valence-electron chi connectivity index (χ0n) is 4.65. The third-order valence-electron chi connectivity index (χ3n) is 1.10. The van der Waals surface area contributed by atoms with Crippen LogP contribution in [0.4, 0.5) is 0 Å². The van der Waals surface area contributed by atoms with Crippen molar-refractivity contribution in [2.75, 3.05) is 13.1 Å². The van der Waals surface area contributed by atoms with Crippen LogP contribution in [0.1, 0.15) is 0 Å². The maximum Gasteiger partial charge on any atom is 0.0914 e. The smallest absolute Gasteiger partial charge is 0.0914 e. The summed E-state index contributed by atoms with van der Waals surface area (Å²) in [7, 11) is 0. The van der Waals surface area contributed by atoms with Gasteiger partial charge in [-0.1, -0.05) is 6.58 Å². The molecule has 0 spiro atoms. The molecule has 0 aromatic rings. The first-order valence-electron chi connectivity index (χ1n) is 2.64. The van der Waals surface area contributed by atoms with E-state index in [0.717, 1.165) is 5.82 Å². The third kappa shape index (κ3) is 1.13. The Morgan fingerprint density at radius 3 is 2.38 bits per heavy atom. The molecule has 3 N–H and O–H groups in total. The maximum atomic E-state index is 8.86. The molecule has 3 nitrogen and oxygen atoms in total. The largest absolute Gasteiger partial charge is 0.389 e. The number of rotatable bonds is 0. The van der Waals surface area contributed by atoms with E-state index in [9.17, 15) is 0 Å². The van der Waals surface area contributed by atoms with Gasteiger partial charge in [-0.3, -0.25) is 0 Å². The molecule has 0 radical (unpaired) electrons. The molecular formula is C5H10N2O. The molecule has 0 aliphatic carbocycles. The zero-order chi connectivity index (χ0) is 5.98. The minimum atomic E-state index is -0.263. The number of hydrogen-bond donors (Lipinski definition) is 3. The van der Waals surface area contributed by atoms with Crippen molar-refractivity contribution in [1.82, 2.24) is 10.6 Å². The number of nitrogens with one attached hydrogen (secondary N) is 2. The van der Waals surface area contributed by atoms with Gasteiger partial charge in [0, 0.05) is 13.1 Å². The molecule has 0 amide bonds. The summed E-state index contributed by atoms with van der Waals surface area (Å²) >= 11 is 0. The van der Waals surface area contributed by atoms with Gasteiger partial charge in [0.2, 0.25) is 0 Å². The van der Waals surface area contributed by atoms with Crippen LogP contribution < -0.4 is 10.6 Å². The van der Waals surface area contributed by atoms with Gasteiger partial charge in [0.1, 0.15) is 0 Å².